The molecule has 0 aromatic carbocycles. The largest absolute Gasteiger partial charge is 0.369 e. The second kappa shape index (κ2) is 3.12. The predicted octanol–water partition coefficient (Wildman–Crippen LogP) is 1.20. The van der Waals surface area contributed by atoms with Crippen molar-refractivity contribution in [1.29, 1.82) is 0 Å². The number of nitrogens with one attached hydrogen (secondary N) is 1. The van der Waals surface area contributed by atoms with Crippen LogP contribution in [0.2, 0.25) is 0 Å². The minimum Gasteiger partial charge on any atom is -0.369 e. The van der Waals surface area contributed by atoms with Crippen molar-refractivity contribution >= 4 is 17.0 Å². The van der Waals surface area contributed by atoms with E-state index in [1.54, 1.807) is 0 Å². The first-order chi connectivity index (χ1) is 7.00. The zero-order chi connectivity index (χ0) is 11.2. The van der Waals surface area contributed by atoms with Gasteiger partial charge in [-0.15, -0.1) is 0 Å². The standard InChI is InChI=1S/C10H14N4O/c1-5(2)14-4-6(3)7-8(14)12-10(11)13-9(7)15/h4-5H,1-3H3,(H3,11,12,13,15). The third-order valence-corrected chi connectivity index (χ3v) is 2.45. The number of nitrogens with zero attached hydrogens (tertiary/aromatic N) is 2. The Kier molecular flexibility index (Phi) is 2.03. The van der Waals surface area contributed by atoms with Crippen molar-refractivity contribution in [2.24, 2.45) is 0 Å². The summed E-state index contributed by atoms with van der Waals surface area (Å²) in [7, 11) is 0. The van der Waals surface area contributed by atoms with E-state index in [1.165, 1.54) is 0 Å². The van der Waals surface area contributed by atoms with Crippen LogP contribution in [0.1, 0.15) is 25.5 Å². The SMILES string of the molecule is Cc1cn(C(C)C)c2nc(N)[nH]c(=O)c12. The summed E-state index contributed by atoms with van der Waals surface area (Å²) in [5, 5.41) is 0.623. The highest BCUT2D eigenvalue weighted by Gasteiger charge is 2.12. The summed E-state index contributed by atoms with van der Waals surface area (Å²) in [6.07, 6.45) is 1.93. The number of H-pyrrole nitrogens is 1. The molecule has 2 aromatic heterocycles. The number of aromatic amines is 1. The first-order valence-corrected chi connectivity index (χ1v) is 4.87. The maximum Gasteiger partial charge on any atom is 0.262 e. The summed E-state index contributed by atoms with van der Waals surface area (Å²) in [5.41, 5.74) is 6.93. The first-order valence-electron chi connectivity index (χ1n) is 4.87. The molecule has 2 heterocycles. The fraction of sp³-hybridized carbons (Fsp3) is 0.400. The van der Waals surface area contributed by atoms with Gasteiger partial charge in [0.15, 0.2) is 0 Å². The molecule has 0 radical (unpaired) electrons. The van der Waals surface area contributed by atoms with Gasteiger partial charge in [-0.3, -0.25) is 9.78 Å². The maximum absolute atomic E-state index is 11.7. The molecule has 0 fully saturated rings. The van der Waals surface area contributed by atoms with Crippen LogP contribution in [0.4, 0.5) is 5.95 Å². The molecule has 5 nitrogen and oxygen atoms in total. The van der Waals surface area contributed by atoms with Crippen molar-refractivity contribution in [2.75, 3.05) is 5.73 Å². The van der Waals surface area contributed by atoms with Gasteiger partial charge in [-0.25, -0.2) is 0 Å². The van der Waals surface area contributed by atoms with E-state index in [4.69, 9.17) is 5.73 Å². The van der Waals surface area contributed by atoms with Crippen molar-refractivity contribution in [3.63, 3.8) is 0 Å². The summed E-state index contributed by atoms with van der Waals surface area (Å²) in [4.78, 5) is 18.3. The third kappa shape index (κ3) is 1.40. The first kappa shape index (κ1) is 9.76. The predicted molar refractivity (Wildman–Crippen MR) is 59.9 cm³/mol. The molecule has 0 unspecified atom stereocenters. The van der Waals surface area contributed by atoms with Gasteiger partial charge in [0.1, 0.15) is 5.65 Å². The Balaban J connectivity index is 2.93. The summed E-state index contributed by atoms with van der Waals surface area (Å²) in [6, 6.07) is 0.259. The molecule has 0 spiro atoms. The number of aromatic nitrogens is 3. The molecule has 0 aliphatic rings. The number of aryl methyl sites for hydroxylation is 1. The molecule has 15 heavy (non-hydrogen) atoms. The van der Waals surface area contributed by atoms with E-state index in [0.29, 0.717) is 11.0 Å². The Hall–Kier alpha value is -1.78. The van der Waals surface area contributed by atoms with Crippen LogP contribution in [0.3, 0.4) is 0 Å². The average molecular weight is 206 g/mol. The maximum atomic E-state index is 11.7. The number of nitrogens with two attached hydrogens (primary N) is 1. The van der Waals surface area contributed by atoms with Gasteiger partial charge in [-0.05, 0) is 26.3 Å². The van der Waals surface area contributed by atoms with Crippen LogP contribution in [0.5, 0.6) is 0 Å². The molecule has 0 aliphatic heterocycles. The molecule has 80 valence electrons. The Morgan fingerprint density at radius 3 is 2.80 bits per heavy atom. The molecule has 0 aliphatic carbocycles. The summed E-state index contributed by atoms with van der Waals surface area (Å²) >= 11 is 0. The lowest BCUT2D eigenvalue weighted by Gasteiger charge is -2.07. The molecule has 2 rings (SSSR count). The van der Waals surface area contributed by atoms with Gasteiger partial charge in [0, 0.05) is 12.2 Å². The topological polar surface area (TPSA) is 76.7 Å². The fourth-order valence-corrected chi connectivity index (χ4v) is 1.75. The average Bonchev–Trinajstić information content (AvgIpc) is 2.42. The zero-order valence-corrected chi connectivity index (χ0v) is 9.03. The number of nitrogen functional groups attached to an aromatic ring is 1. The van der Waals surface area contributed by atoms with Crippen LogP contribution in [-0.4, -0.2) is 14.5 Å². The molecular formula is C10H14N4O. The number of rotatable bonds is 1. The highest BCUT2D eigenvalue weighted by atomic mass is 16.1. The molecular weight excluding hydrogens is 192 g/mol. The second-order valence-electron chi connectivity index (χ2n) is 3.96. The van der Waals surface area contributed by atoms with Crippen molar-refractivity contribution in [3.05, 3.63) is 22.1 Å². The van der Waals surface area contributed by atoms with Crippen LogP contribution < -0.4 is 11.3 Å². The number of hydrogen-bond acceptors (Lipinski definition) is 3. The van der Waals surface area contributed by atoms with Crippen molar-refractivity contribution in [2.45, 2.75) is 26.8 Å². The van der Waals surface area contributed by atoms with Gasteiger partial charge >= 0.3 is 0 Å². The Labute approximate surface area is 86.9 Å². The van der Waals surface area contributed by atoms with Gasteiger partial charge < -0.3 is 10.3 Å². The summed E-state index contributed by atoms with van der Waals surface area (Å²) < 4.78 is 1.95. The molecule has 0 saturated heterocycles. The molecule has 0 bridgehead atoms. The van der Waals surface area contributed by atoms with Crippen molar-refractivity contribution < 1.29 is 0 Å². The lowest BCUT2D eigenvalue weighted by atomic mass is 10.3. The van der Waals surface area contributed by atoms with Gasteiger partial charge in [-0.2, -0.15) is 4.98 Å². The summed E-state index contributed by atoms with van der Waals surface area (Å²) in [6.45, 7) is 5.98. The third-order valence-electron chi connectivity index (χ3n) is 2.45. The zero-order valence-electron chi connectivity index (χ0n) is 9.03. The van der Waals surface area contributed by atoms with E-state index in [-0.39, 0.29) is 17.5 Å². The minimum atomic E-state index is -0.172. The lowest BCUT2D eigenvalue weighted by Crippen LogP contribution is -2.12. The van der Waals surface area contributed by atoms with Gasteiger partial charge in [0.05, 0.1) is 5.39 Å². The van der Waals surface area contributed by atoms with E-state index in [1.807, 2.05) is 31.5 Å². The molecule has 3 N–H and O–H groups in total. The minimum absolute atomic E-state index is 0.160. The van der Waals surface area contributed by atoms with Crippen molar-refractivity contribution in [3.8, 4) is 0 Å². The fourth-order valence-electron chi connectivity index (χ4n) is 1.75. The normalized spacial score (nSPS) is 11.5. The smallest absolute Gasteiger partial charge is 0.262 e. The lowest BCUT2D eigenvalue weighted by molar-refractivity contribution is 0.617. The Morgan fingerprint density at radius 1 is 1.53 bits per heavy atom. The van der Waals surface area contributed by atoms with Gasteiger partial charge in [-0.1, -0.05) is 0 Å². The monoisotopic (exact) mass is 206 g/mol. The van der Waals surface area contributed by atoms with Crippen LogP contribution >= 0.6 is 0 Å². The molecule has 5 heteroatoms. The van der Waals surface area contributed by atoms with Gasteiger partial charge in [0.2, 0.25) is 5.95 Å². The number of anilines is 1. The van der Waals surface area contributed by atoms with Crippen molar-refractivity contribution in [1.82, 2.24) is 14.5 Å². The summed E-state index contributed by atoms with van der Waals surface area (Å²) in [5.74, 6) is 0.160. The molecule has 0 amide bonds. The quantitative estimate of drug-likeness (QED) is 0.736. The Bertz CT molecular complexity index is 565. The molecule has 0 saturated carbocycles. The van der Waals surface area contributed by atoms with E-state index >= 15 is 0 Å². The van der Waals surface area contributed by atoms with Crippen LogP contribution in [0, 0.1) is 6.92 Å². The van der Waals surface area contributed by atoms with E-state index in [2.05, 4.69) is 9.97 Å². The Morgan fingerprint density at radius 2 is 2.20 bits per heavy atom. The van der Waals surface area contributed by atoms with E-state index < -0.39 is 0 Å². The number of fused-ring (bicyclic) bond motifs is 1. The van der Waals surface area contributed by atoms with Crippen LogP contribution in [-0.2, 0) is 0 Å². The van der Waals surface area contributed by atoms with E-state index in [9.17, 15) is 4.79 Å². The highest BCUT2D eigenvalue weighted by Crippen LogP contribution is 2.19. The molecule has 2 aromatic rings. The van der Waals surface area contributed by atoms with E-state index in [0.717, 1.165) is 5.56 Å². The molecule has 0 atom stereocenters. The van der Waals surface area contributed by atoms with Crippen LogP contribution in [0.15, 0.2) is 11.0 Å². The second-order valence-corrected chi connectivity index (χ2v) is 3.96. The van der Waals surface area contributed by atoms with Gasteiger partial charge in [0.25, 0.3) is 5.56 Å². The van der Waals surface area contributed by atoms with Crippen LogP contribution in [0.25, 0.3) is 11.0 Å². The highest BCUT2D eigenvalue weighted by molar-refractivity contribution is 5.80. The number of hydrogen-bond donors (Lipinski definition) is 2.